The first-order chi connectivity index (χ1) is 12.0. The maximum atomic E-state index is 12.4. The molecule has 0 unspecified atom stereocenters. The smallest absolute Gasteiger partial charge is 0.317 e. The number of aromatic nitrogens is 2. The lowest BCUT2D eigenvalue weighted by Gasteiger charge is -2.20. The second-order valence-corrected chi connectivity index (χ2v) is 6.75. The van der Waals surface area contributed by atoms with Crippen LogP contribution in [0.2, 0.25) is 0 Å². The van der Waals surface area contributed by atoms with Gasteiger partial charge in [0.05, 0.1) is 23.6 Å². The summed E-state index contributed by atoms with van der Waals surface area (Å²) in [7, 11) is 1.73. The molecule has 0 bridgehead atoms. The molecule has 0 aliphatic carbocycles. The van der Waals surface area contributed by atoms with Gasteiger partial charge in [0.2, 0.25) is 5.91 Å². The molecule has 1 aromatic heterocycles. The number of rotatable bonds is 5. The van der Waals surface area contributed by atoms with E-state index in [-0.39, 0.29) is 18.0 Å². The first kappa shape index (κ1) is 17.3. The van der Waals surface area contributed by atoms with Crippen LogP contribution in [0.1, 0.15) is 31.2 Å². The number of H-pyrrole nitrogens is 1. The molecule has 1 aromatic carbocycles. The first-order valence-corrected chi connectivity index (χ1v) is 8.71. The van der Waals surface area contributed by atoms with Gasteiger partial charge in [-0.2, -0.15) is 0 Å². The molecule has 1 aliphatic heterocycles. The number of likely N-dealkylation sites (tertiary alicyclic amines) is 1. The predicted molar refractivity (Wildman–Crippen MR) is 96.1 cm³/mol. The Hall–Kier alpha value is -2.57. The number of imidazole rings is 1. The summed E-state index contributed by atoms with van der Waals surface area (Å²) in [6.45, 7) is 5.81. The number of hydrogen-bond acceptors (Lipinski definition) is 3. The normalized spacial score (nSPS) is 17.3. The Kier molecular flexibility index (Phi) is 4.92. The molecule has 1 fully saturated rings. The van der Waals surface area contributed by atoms with E-state index in [9.17, 15) is 9.59 Å². The average molecular weight is 343 g/mol. The third-order valence-electron chi connectivity index (χ3n) is 4.46. The van der Waals surface area contributed by atoms with Gasteiger partial charge in [-0.1, -0.05) is 13.0 Å². The van der Waals surface area contributed by atoms with E-state index in [4.69, 9.17) is 0 Å². The van der Waals surface area contributed by atoms with Crippen LogP contribution in [-0.2, 0) is 11.3 Å². The van der Waals surface area contributed by atoms with Gasteiger partial charge in [0.25, 0.3) is 0 Å². The number of aryl methyl sites for hydroxylation is 1. The standard InChI is InChI=1S/C18H25N5O2/c1-4-7-23-10-13(9-17(23)24)19-18(25)22(3)11-16-20-14-6-5-12(2)8-15(14)21-16/h5-6,8,13H,4,7,9-11H2,1-3H3,(H,19,25)(H,20,21)/t13-/m0/s1. The minimum atomic E-state index is -0.187. The fourth-order valence-corrected chi connectivity index (χ4v) is 3.19. The van der Waals surface area contributed by atoms with Crippen LogP contribution in [0.25, 0.3) is 11.0 Å². The van der Waals surface area contributed by atoms with Crippen molar-refractivity contribution < 1.29 is 9.59 Å². The van der Waals surface area contributed by atoms with Crippen LogP contribution in [0.4, 0.5) is 4.79 Å². The van der Waals surface area contributed by atoms with E-state index in [1.165, 1.54) is 0 Å². The number of hydrogen-bond donors (Lipinski definition) is 2. The van der Waals surface area contributed by atoms with Crippen LogP contribution in [0.15, 0.2) is 18.2 Å². The highest BCUT2D eigenvalue weighted by Crippen LogP contribution is 2.15. The van der Waals surface area contributed by atoms with Crippen LogP contribution < -0.4 is 5.32 Å². The van der Waals surface area contributed by atoms with E-state index < -0.39 is 0 Å². The van der Waals surface area contributed by atoms with Crippen LogP contribution in [0.3, 0.4) is 0 Å². The quantitative estimate of drug-likeness (QED) is 0.871. The molecule has 1 atom stereocenters. The second kappa shape index (κ2) is 7.13. The van der Waals surface area contributed by atoms with Gasteiger partial charge in [-0.25, -0.2) is 9.78 Å². The minimum absolute atomic E-state index is 0.113. The van der Waals surface area contributed by atoms with Crippen molar-refractivity contribution in [2.24, 2.45) is 0 Å². The minimum Gasteiger partial charge on any atom is -0.341 e. The maximum absolute atomic E-state index is 12.4. The summed E-state index contributed by atoms with van der Waals surface area (Å²) in [6, 6.07) is 5.72. The second-order valence-electron chi connectivity index (χ2n) is 6.75. The van der Waals surface area contributed by atoms with Crippen molar-refractivity contribution in [3.8, 4) is 0 Å². The Morgan fingerprint density at radius 3 is 3.04 bits per heavy atom. The number of amides is 3. The lowest BCUT2D eigenvalue weighted by atomic mass is 10.2. The van der Waals surface area contributed by atoms with Gasteiger partial charge < -0.3 is 20.1 Å². The zero-order valence-corrected chi connectivity index (χ0v) is 15.0. The molecular weight excluding hydrogens is 318 g/mol. The van der Waals surface area contributed by atoms with E-state index >= 15 is 0 Å². The van der Waals surface area contributed by atoms with E-state index in [0.29, 0.717) is 19.5 Å². The Morgan fingerprint density at radius 1 is 1.48 bits per heavy atom. The topological polar surface area (TPSA) is 81.3 Å². The van der Waals surface area contributed by atoms with Gasteiger partial charge in [0.15, 0.2) is 0 Å². The SMILES string of the molecule is CCCN1C[C@@H](NC(=O)N(C)Cc2nc3ccc(C)cc3[nH]2)CC1=O. The maximum Gasteiger partial charge on any atom is 0.317 e. The highest BCUT2D eigenvalue weighted by molar-refractivity contribution is 5.81. The molecule has 2 heterocycles. The molecule has 2 aromatic rings. The van der Waals surface area contributed by atoms with Crippen molar-refractivity contribution in [1.82, 2.24) is 25.1 Å². The Balaban J connectivity index is 1.58. The summed E-state index contributed by atoms with van der Waals surface area (Å²) in [4.78, 5) is 35.4. The number of aromatic amines is 1. The molecule has 0 spiro atoms. The van der Waals surface area contributed by atoms with Gasteiger partial charge in [-0.15, -0.1) is 0 Å². The van der Waals surface area contributed by atoms with Gasteiger partial charge in [0, 0.05) is 26.6 Å². The van der Waals surface area contributed by atoms with Crippen molar-refractivity contribution in [2.45, 2.75) is 39.3 Å². The van der Waals surface area contributed by atoms with E-state index in [0.717, 1.165) is 35.4 Å². The van der Waals surface area contributed by atoms with Crippen molar-refractivity contribution in [3.05, 3.63) is 29.6 Å². The zero-order chi connectivity index (χ0) is 18.0. The molecule has 2 N–H and O–H groups in total. The average Bonchev–Trinajstić information content (AvgIpc) is 3.10. The number of benzene rings is 1. The molecule has 0 radical (unpaired) electrons. The molecule has 0 saturated carbocycles. The van der Waals surface area contributed by atoms with Crippen LogP contribution in [-0.4, -0.2) is 57.9 Å². The van der Waals surface area contributed by atoms with E-state index in [2.05, 4.69) is 15.3 Å². The largest absolute Gasteiger partial charge is 0.341 e. The zero-order valence-electron chi connectivity index (χ0n) is 15.0. The van der Waals surface area contributed by atoms with Crippen molar-refractivity contribution in [2.75, 3.05) is 20.1 Å². The summed E-state index contributed by atoms with van der Waals surface area (Å²) < 4.78 is 0. The van der Waals surface area contributed by atoms with E-state index in [1.54, 1.807) is 11.9 Å². The molecule has 134 valence electrons. The number of carbonyl (C=O) groups is 2. The monoisotopic (exact) mass is 343 g/mol. The predicted octanol–water partition coefficient (Wildman–Crippen LogP) is 2.02. The molecule has 7 heteroatoms. The molecular formula is C18H25N5O2. The van der Waals surface area contributed by atoms with Crippen LogP contribution in [0.5, 0.6) is 0 Å². The van der Waals surface area contributed by atoms with Crippen molar-refractivity contribution in [3.63, 3.8) is 0 Å². The molecule has 3 amide bonds. The fraction of sp³-hybridized carbons (Fsp3) is 0.500. The lowest BCUT2D eigenvalue weighted by molar-refractivity contribution is -0.127. The fourth-order valence-electron chi connectivity index (χ4n) is 3.19. The van der Waals surface area contributed by atoms with Gasteiger partial charge in [-0.05, 0) is 31.0 Å². The van der Waals surface area contributed by atoms with Gasteiger partial charge in [-0.3, -0.25) is 4.79 Å². The van der Waals surface area contributed by atoms with Crippen LogP contribution >= 0.6 is 0 Å². The molecule has 1 saturated heterocycles. The number of nitrogens with one attached hydrogen (secondary N) is 2. The highest BCUT2D eigenvalue weighted by atomic mass is 16.2. The van der Waals surface area contributed by atoms with Gasteiger partial charge in [0.1, 0.15) is 5.82 Å². The lowest BCUT2D eigenvalue weighted by Crippen LogP contribution is -2.44. The summed E-state index contributed by atoms with van der Waals surface area (Å²) >= 11 is 0. The van der Waals surface area contributed by atoms with Crippen molar-refractivity contribution >= 4 is 23.0 Å². The first-order valence-electron chi connectivity index (χ1n) is 8.71. The molecule has 25 heavy (non-hydrogen) atoms. The summed E-state index contributed by atoms with van der Waals surface area (Å²) in [5.74, 6) is 0.857. The Bertz CT molecular complexity index is 785. The summed E-state index contributed by atoms with van der Waals surface area (Å²) in [5.41, 5.74) is 3.03. The van der Waals surface area contributed by atoms with E-state index in [1.807, 2.05) is 36.9 Å². The highest BCUT2D eigenvalue weighted by Gasteiger charge is 2.30. The number of urea groups is 1. The van der Waals surface area contributed by atoms with Crippen molar-refractivity contribution in [1.29, 1.82) is 0 Å². The number of carbonyl (C=O) groups excluding carboxylic acids is 2. The third kappa shape index (κ3) is 3.92. The summed E-state index contributed by atoms with van der Waals surface area (Å²) in [6.07, 6.45) is 1.31. The summed E-state index contributed by atoms with van der Waals surface area (Å²) in [5, 5.41) is 2.94. The number of nitrogens with zero attached hydrogens (tertiary/aromatic N) is 3. The number of fused-ring (bicyclic) bond motifs is 1. The van der Waals surface area contributed by atoms with Gasteiger partial charge >= 0.3 is 6.03 Å². The Morgan fingerprint density at radius 2 is 2.28 bits per heavy atom. The third-order valence-corrected chi connectivity index (χ3v) is 4.46. The molecule has 7 nitrogen and oxygen atoms in total. The Labute approximate surface area is 147 Å². The molecule has 3 rings (SSSR count). The molecule has 1 aliphatic rings. The van der Waals surface area contributed by atoms with Crippen LogP contribution in [0, 0.1) is 6.92 Å².